The Balaban J connectivity index is 1.22. The molecule has 0 aromatic heterocycles. The Labute approximate surface area is 262 Å². The maximum Gasteiger partial charge on any atom is -0.00132 e. The molecule has 208 valence electrons. The fourth-order valence-electron chi connectivity index (χ4n) is 7.89. The Morgan fingerprint density at radius 3 is 1.76 bits per heavy atom. The minimum absolute atomic E-state index is 0.974. The monoisotopic (exact) mass is 568 g/mol. The minimum Gasteiger partial charge on any atom is -0.0622 e. The number of hydrogen-bond acceptors (Lipinski definition) is 0. The van der Waals surface area contributed by atoms with Gasteiger partial charge in [-0.1, -0.05) is 133 Å². The standard InChI is InChI=1S/C45H28/c1-2-7-28(8-3-1)36-24-37(33-17-18-34-23-35-13-5-9-29-12-6-14-40(43(29)35)42(34)27-33)26-38(25-36)39-21-19-32-16-15-30-10-4-11-31-20-22-41(39)45(32)44(30)31/h1-22,24-27H,23H2. The van der Waals surface area contributed by atoms with E-state index in [1.54, 1.807) is 0 Å². The Bertz CT molecular complexity index is 2580. The molecule has 0 saturated carbocycles. The predicted octanol–water partition coefficient (Wildman–Crippen LogP) is 12.3. The second-order valence-corrected chi connectivity index (χ2v) is 12.5. The lowest BCUT2D eigenvalue weighted by Gasteiger charge is -2.22. The third-order valence-electron chi connectivity index (χ3n) is 9.99. The quantitative estimate of drug-likeness (QED) is 0.186. The van der Waals surface area contributed by atoms with Crippen molar-refractivity contribution in [2.75, 3.05) is 0 Å². The fraction of sp³-hybridized carbons (Fsp3) is 0.0222. The Morgan fingerprint density at radius 2 is 0.933 bits per heavy atom. The van der Waals surface area contributed by atoms with E-state index in [1.165, 1.54) is 98.7 Å². The molecular formula is C45H28. The molecule has 0 atom stereocenters. The van der Waals surface area contributed by atoms with Crippen LogP contribution in [0.15, 0.2) is 158 Å². The summed E-state index contributed by atoms with van der Waals surface area (Å²) in [6.45, 7) is 0. The summed E-state index contributed by atoms with van der Waals surface area (Å²) in [5.74, 6) is 0. The molecule has 0 N–H and O–H groups in total. The molecule has 9 aromatic rings. The summed E-state index contributed by atoms with van der Waals surface area (Å²) in [7, 11) is 0. The first-order chi connectivity index (χ1) is 22.3. The molecule has 0 heterocycles. The molecule has 1 aliphatic carbocycles. The van der Waals surface area contributed by atoms with Crippen LogP contribution in [0, 0.1) is 0 Å². The lowest BCUT2D eigenvalue weighted by atomic mass is 9.82. The molecule has 0 bridgehead atoms. The van der Waals surface area contributed by atoms with Crippen molar-refractivity contribution in [1.82, 2.24) is 0 Å². The summed E-state index contributed by atoms with van der Waals surface area (Å²) < 4.78 is 0. The van der Waals surface area contributed by atoms with E-state index in [4.69, 9.17) is 0 Å². The maximum atomic E-state index is 2.43. The van der Waals surface area contributed by atoms with Crippen molar-refractivity contribution in [1.29, 1.82) is 0 Å². The van der Waals surface area contributed by atoms with Crippen LogP contribution in [-0.4, -0.2) is 0 Å². The Morgan fingerprint density at radius 1 is 0.289 bits per heavy atom. The average molecular weight is 569 g/mol. The number of fused-ring (bicyclic) bond motifs is 2. The van der Waals surface area contributed by atoms with Gasteiger partial charge in [0.15, 0.2) is 0 Å². The lowest BCUT2D eigenvalue weighted by molar-refractivity contribution is 1.20. The van der Waals surface area contributed by atoms with Gasteiger partial charge >= 0.3 is 0 Å². The maximum absolute atomic E-state index is 2.43. The topological polar surface area (TPSA) is 0 Å². The van der Waals surface area contributed by atoms with Gasteiger partial charge in [0.25, 0.3) is 0 Å². The highest BCUT2D eigenvalue weighted by atomic mass is 14.2. The molecule has 0 nitrogen and oxygen atoms in total. The molecule has 0 heteroatoms. The molecule has 0 unspecified atom stereocenters. The first kappa shape index (κ1) is 24.7. The number of rotatable bonds is 3. The van der Waals surface area contributed by atoms with Gasteiger partial charge in [-0.3, -0.25) is 0 Å². The van der Waals surface area contributed by atoms with E-state index in [0.717, 1.165) is 6.42 Å². The van der Waals surface area contributed by atoms with E-state index in [-0.39, 0.29) is 0 Å². The highest BCUT2D eigenvalue weighted by molar-refractivity contribution is 6.25. The van der Waals surface area contributed by atoms with Gasteiger partial charge in [0.05, 0.1) is 0 Å². The molecule has 0 radical (unpaired) electrons. The molecule has 0 amide bonds. The van der Waals surface area contributed by atoms with Crippen LogP contribution >= 0.6 is 0 Å². The summed E-state index contributed by atoms with van der Waals surface area (Å²) in [5, 5.41) is 10.6. The van der Waals surface area contributed by atoms with Crippen LogP contribution in [0.3, 0.4) is 0 Å². The molecule has 9 aromatic carbocycles. The van der Waals surface area contributed by atoms with Crippen LogP contribution in [0.4, 0.5) is 0 Å². The molecule has 0 spiro atoms. The molecular weight excluding hydrogens is 540 g/mol. The van der Waals surface area contributed by atoms with Gasteiger partial charge in [0.2, 0.25) is 0 Å². The van der Waals surface area contributed by atoms with Crippen LogP contribution in [0.5, 0.6) is 0 Å². The molecule has 0 aliphatic heterocycles. The molecule has 0 fully saturated rings. The largest absolute Gasteiger partial charge is 0.0622 e. The minimum atomic E-state index is 0.974. The Hall–Kier alpha value is -5.72. The smallest absolute Gasteiger partial charge is 0.00132 e. The molecule has 1 aliphatic rings. The van der Waals surface area contributed by atoms with Crippen molar-refractivity contribution in [2.45, 2.75) is 6.42 Å². The zero-order valence-electron chi connectivity index (χ0n) is 24.7. The van der Waals surface area contributed by atoms with Gasteiger partial charge in [-0.15, -0.1) is 0 Å². The van der Waals surface area contributed by atoms with Gasteiger partial charge in [0.1, 0.15) is 0 Å². The first-order valence-corrected chi connectivity index (χ1v) is 15.8. The van der Waals surface area contributed by atoms with E-state index < -0.39 is 0 Å². The highest BCUT2D eigenvalue weighted by Gasteiger charge is 2.20. The predicted molar refractivity (Wildman–Crippen MR) is 192 cm³/mol. The third-order valence-corrected chi connectivity index (χ3v) is 9.99. The van der Waals surface area contributed by atoms with Crippen molar-refractivity contribution in [2.24, 2.45) is 0 Å². The van der Waals surface area contributed by atoms with Gasteiger partial charge in [-0.05, 0) is 129 Å². The van der Waals surface area contributed by atoms with Crippen molar-refractivity contribution < 1.29 is 0 Å². The van der Waals surface area contributed by atoms with Crippen LogP contribution in [0.25, 0.3) is 87.6 Å². The third kappa shape index (κ3) is 3.73. The van der Waals surface area contributed by atoms with E-state index in [2.05, 4.69) is 158 Å². The number of hydrogen-bond donors (Lipinski definition) is 0. The Kier molecular flexibility index (Phi) is 5.15. The highest BCUT2D eigenvalue weighted by Crippen LogP contribution is 2.44. The first-order valence-electron chi connectivity index (χ1n) is 15.8. The molecule has 0 saturated heterocycles. The zero-order chi connectivity index (χ0) is 29.5. The molecule has 45 heavy (non-hydrogen) atoms. The normalized spacial score (nSPS) is 12.4. The number of benzene rings is 9. The van der Waals surface area contributed by atoms with Crippen molar-refractivity contribution >= 4 is 43.1 Å². The summed E-state index contributed by atoms with van der Waals surface area (Å²) in [6.07, 6.45) is 0.974. The van der Waals surface area contributed by atoms with Crippen LogP contribution in [0.2, 0.25) is 0 Å². The SMILES string of the molecule is c1ccc(-c2cc(-c3ccc4c(c3)-c3cccc5cccc(c35)C4)cc(-c3ccc4ccc5cccc6ccc3c4c56)c2)cc1. The average Bonchev–Trinajstić information content (AvgIpc) is 3.11. The summed E-state index contributed by atoms with van der Waals surface area (Å²) in [6, 6.07) is 58.9. The summed E-state index contributed by atoms with van der Waals surface area (Å²) in [5.41, 5.74) is 13.0. The van der Waals surface area contributed by atoms with Crippen LogP contribution in [0.1, 0.15) is 11.1 Å². The van der Waals surface area contributed by atoms with Gasteiger partial charge in [-0.2, -0.15) is 0 Å². The molecule has 10 rings (SSSR count). The summed E-state index contributed by atoms with van der Waals surface area (Å²) in [4.78, 5) is 0. The van der Waals surface area contributed by atoms with Crippen molar-refractivity contribution in [3.05, 3.63) is 169 Å². The zero-order valence-corrected chi connectivity index (χ0v) is 24.7. The second-order valence-electron chi connectivity index (χ2n) is 12.5. The van der Waals surface area contributed by atoms with E-state index in [0.29, 0.717) is 0 Å². The summed E-state index contributed by atoms with van der Waals surface area (Å²) >= 11 is 0. The van der Waals surface area contributed by atoms with E-state index in [1.807, 2.05) is 0 Å². The second kappa shape index (κ2) is 9.39. The van der Waals surface area contributed by atoms with Crippen LogP contribution < -0.4 is 0 Å². The van der Waals surface area contributed by atoms with Crippen molar-refractivity contribution in [3.8, 4) is 44.5 Å². The van der Waals surface area contributed by atoms with Crippen molar-refractivity contribution in [3.63, 3.8) is 0 Å². The lowest BCUT2D eigenvalue weighted by Crippen LogP contribution is -2.01. The van der Waals surface area contributed by atoms with E-state index in [9.17, 15) is 0 Å². The van der Waals surface area contributed by atoms with Crippen LogP contribution in [-0.2, 0) is 6.42 Å². The van der Waals surface area contributed by atoms with E-state index >= 15 is 0 Å². The van der Waals surface area contributed by atoms with Gasteiger partial charge < -0.3 is 0 Å². The fourth-order valence-corrected chi connectivity index (χ4v) is 7.89. The van der Waals surface area contributed by atoms with Gasteiger partial charge in [0, 0.05) is 0 Å². The van der Waals surface area contributed by atoms with Gasteiger partial charge in [-0.25, -0.2) is 0 Å².